The van der Waals surface area contributed by atoms with Gasteiger partial charge in [0.1, 0.15) is 6.61 Å². The lowest BCUT2D eigenvalue weighted by molar-refractivity contribution is -0.384. The van der Waals surface area contributed by atoms with E-state index in [2.05, 4.69) is 15.9 Å². The Balaban J connectivity index is 2.04. The lowest BCUT2D eigenvalue weighted by atomic mass is 10.2. The molecule has 0 aromatic heterocycles. The second-order valence-electron chi connectivity index (χ2n) is 3.79. The normalized spacial score (nSPS) is 10.2. The predicted octanol–water partition coefficient (Wildman–Crippen LogP) is 4.08. The van der Waals surface area contributed by atoms with E-state index in [0.29, 0.717) is 4.47 Å². The van der Waals surface area contributed by atoms with Gasteiger partial charge in [-0.05, 0) is 35.9 Å². The van der Waals surface area contributed by atoms with Gasteiger partial charge in [0.05, 0.1) is 4.92 Å². The van der Waals surface area contributed by atoms with Crippen LogP contribution in [0.25, 0.3) is 0 Å². The number of nitrogens with zero attached hydrogens (tertiary/aromatic N) is 1. The summed E-state index contributed by atoms with van der Waals surface area (Å²) < 4.78 is 19.4. The summed E-state index contributed by atoms with van der Waals surface area (Å²) in [6, 6.07) is 10.4. The fraction of sp³-hybridized carbons (Fsp3) is 0.0769. The fourth-order valence-corrected chi connectivity index (χ4v) is 1.80. The number of benzene rings is 2. The molecule has 0 atom stereocenters. The maximum atomic E-state index is 13.5. The topological polar surface area (TPSA) is 52.4 Å². The van der Waals surface area contributed by atoms with Crippen LogP contribution in [0.3, 0.4) is 0 Å². The van der Waals surface area contributed by atoms with Gasteiger partial charge in [0.2, 0.25) is 0 Å². The molecule has 4 nitrogen and oxygen atoms in total. The zero-order chi connectivity index (χ0) is 13.8. The number of halogens is 2. The minimum absolute atomic E-state index is 0.0126. The number of hydrogen-bond acceptors (Lipinski definition) is 3. The largest absolute Gasteiger partial charge is 0.486 e. The van der Waals surface area contributed by atoms with E-state index in [1.807, 2.05) is 0 Å². The van der Waals surface area contributed by atoms with Crippen molar-refractivity contribution in [1.29, 1.82) is 0 Å². The molecular formula is C13H9BrFNO3. The van der Waals surface area contributed by atoms with E-state index in [1.165, 1.54) is 24.3 Å². The standard InChI is InChI=1S/C13H9BrFNO3/c14-10-3-6-13(12(15)7-10)19-8-9-1-4-11(5-2-9)16(17)18/h1-7H,8H2. The summed E-state index contributed by atoms with van der Waals surface area (Å²) in [7, 11) is 0. The summed E-state index contributed by atoms with van der Waals surface area (Å²) in [4.78, 5) is 10.0. The van der Waals surface area contributed by atoms with E-state index in [4.69, 9.17) is 4.74 Å². The van der Waals surface area contributed by atoms with Crippen molar-refractivity contribution in [1.82, 2.24) is 0 Å². The lowest BCUT2D eigenvalue weighted by Gasteiger charge is -2.07. The molecule has 2 rings (SSSR count). The average Bonchev–Trinajstić information content (AvgIpc) is 2.38. The molecule has 0 N–H and O–H groups in total. The van der Waals surface area contributed by atoms with Crippen molar-refractivity contribution < 1.29 is 14.1 Å². The van der Waals surface area contributed by atoms with Gasteiger partial charge in [0, 0.05) is 16.6 Å². The molecule has 19 heavy (non-hydrogen) atoms. The maximum absolute atomic E-state index is 13.5. The van der Waals surface area contributed by atoms with E-state index >= 15 is 0 Å². The Morgan fingerprint density at radius 3 is 2.47 bits per heavy atom. The van der Waals surface area contributed by atoms with Gasteiger partial charge in [-0.3, -0.25) is 10.1 Å². The molecule has 98 valence electrons. The molecule has 0 aliphatic carbocycles. The highest BCUT2D eigenvalue weighted by Crippen LogP contribution is 2.22. The van der Waals surface area contributed by atoms with Crippen LogP contribution in [0.5, 0.6) is 5.75 Å². The van der Waals surface area contributed by atoms with Gasteiger partial charge < -0.3 is 4.74 Å². The van der Waals surface area contributed by atoms with Gasteiger partial charge in [0.15, 0.2) is 11.6 Å². The fourth-order valence-electron chi connectivity index (χ4n) is 1.47. The molecule has 0 amide bonds. The summed E-state index contributed by atoms with van der Waals surface area (Å²) in [6.07, 6.45) is 0. The third-order valence-electron chi connectivity index (χ3n) is 2.44. The molecule has 0 unspecified atom stereocenters. The zero-order valence-corrected chi connectivity index (χ0v) is 11.3. The molecule has 0 fully saturated rings. The SMILES string of the molecule is O=[N+]([O-])c1ccc(COc2ccc(Br)cc2F)cc1. The van der Waals surface area contributed by atoms with Crippen LogP contribution in [0.15, 0.2) is 46.9 Å². The van der Waals surface area contributed by atoms with Crippen LogP contribution in [0.4, 0.5) is 10.1 Å². The van der Waals surface area contributed by atoms with Crippen molar-refractivity contribution in [3.05, 3.63) is 68.4 Å². The summed E-state index contributed by atoms with van der Waals surface area (Å²) in [6.45, 7) is 0.149. The molecule has 0 saturated carbocycles. The number of nitro groups is 1. The van der Waals surface area contributed by atoms with Gasteiger partial charge in [-0.25, -0.2) is 4.39 Å². The predicted molar refractivity (Wildman–Crippen MR) is 71.5 cm³/mol. The van der Waals surface area contributed by atoms with Crippen LogP contribution in [0.2, 0.25) is 0 Å². The Bertz CT molecular complexity index is 601. The molecule has 0 bridgehead atoms. The third kappa shape index (κ3) is 3.51. The van der Waals surface area contributed by atoms with Crippen molar-refractivity contribution in [3.8, 4) is 5.75 Å². The smallest absolute Gasteiger partial charge is 0.269 e. The van der Waals surface area contributed by atoms with Crippen LogP contribution in [-0.4, -0.2) is 4.92 Å². The van der Waals surface area contributed by atoms with Gasteiger partial charge in [-0.15, -0.1) is 0 Å². The van der Waals surface area contributed by atoms with E-state index in [0.717, 1.165) is 5.56 Å². The van der Waals surface area contributed by atoms with Crippen molar-refractivity contribution in [2.24, 2.45) is 0 Å². The van der Waals surface area contributed by atoms with Gasteiger partial charge in [-0.2, -0.15) is 0 Å². The van der Waals surface area contributed by atoms with Crippen LogP contribution in [0.1, 0.15) is 5.56 Å². The molecule has 2 aromatic carbocycles. The first-order valence-electron chi connectivity index (χ1n) is 5.37. The number of rotatable bonds is 4. The van der Waals surface area contributed by atoms with Crippen molar-refractivity contribution in [3.63, 3.8) is 0 Å². The van der Waals surface area contributed by atoms with E-state index in [1.54, 1.807) is 18.2 Å². The quantitative estimate of drug-likeness (QED) is 0.628. The molecule has 6 heteroatoms. The van der Waals surface area contributed by atoms with Gasteiger partial charge >= 0.3 is 0 Å². The first kappa shape index (κ1) is 13.5. The van der Waals surface area contributed by atoms with E-state index < -0.39 is 10.7 Å². The monoisotopic (exact) mass is 325 g/mol. The van der Waals surface area contributed by atoms with E-state index in [-0.39, 0.29) is 18.0 Å². The Kier molecular flexibility index (Phi) is 4.11. The Hall–Kier alpha value is -1.95. The Morgan fingerprint density at radius 2 is 1.89 bits per heavy atom. The number of nitro benzene ring substituents is 1. The minimum Gasteiger partial charge on any atom is -0.486 e. The molecule has 0 aliphatic heterocycles. The second kappa shape index (κ2) is 5.79. The minimum atomic E-state index is -0.473. The third-order valence-corrected chi connectivity index (χ3v) is 2.93. The zero-order valence-electron chi connectivity index (χ0n) is 9.68. The number of non-ortho nitro benzene ring substituents is 1. The summed E-state index contributed by atoms with van der Waals surface area (Å²) in [5.74, 6) is -0.321. The molecular weight excluding hydrogens is 317 g/mol. The highest BCUT2D eigenvalue weighted by molar-refractivity contribution is 9.10. The Morgan fingerprint density at radius 1 is 1.21 bits per heavy atom. The van der Waals surface area contributed by atoms with Gasteiger partial charge in [0.25, 0.3) is 5.69 Å². The highest BCUT2D eigenvalue weighted by Gasteiger charge is 2.06. The Labute approximate surface area is 117 Å². The van der Waals surface area contributed by atoms with Gasteiger partial charge in [-0.1, -0.05) is 15.9 Å². The molecule has 0 spiro atoms. The van der Waals surface area contributed by atoms with Crippen LogP contribution in [-0.2, 0) is 6.61 Å². The average molecular weight is 326 g/mol. The molecule has 0 aliphatic rings. The molecule has 2 aromatic rings. The number of ether oxygens (including phenoxy) is 1. The first-order chi connectivity index (χ1) is 9.06. The van der Waals surface area contributed by atoms with Crippen molar-refractivity contribution in [2.75, 3.05) is 0 Å². The summed E-state index contributed by atoms with van der Waals surface area (Å²) in [5.41, 5.74) is 0.742. The molecule has 0 heterocycles. The summed E-state index contributed by atoms with van der Waals surface area (Å²) >= 11 is 3.15. The van der Waals surface area contributed by atoms with E-state index in [9.17, 15) is 14.5 Å². The molecule has 0 saturated heterocycles. The summed E-state index contributed by atoms with van der Waals surface area (Å²) in [5, 5.41) is 10.5. The van der Waals surface area contributed by atoms with Crippen molar-refractivity contribution >= 4 is 21.6 Å². The van der Waals surface area contributed by atoms with Crippen LogP contribution in [0, 0.1) is 15.9 Å². The van der Waals surface area contributed by atoms with Crippen molar-refractivity contribution in [2.45, 2.75) is 6.61 Å². The second-order valence-corrected chi connectivity index (χ2v) is 4.70. The molecule has 0 radical (unpaired) electrons. The van der Waals surface area contributed by atoms with Crippen LogP contribution >= 0.6 is 15.9 Å². The first-order valence-corrected chi connectivity index (χ1v) is 6.17. The highest BCUT2D eigenvalue weighted by atomic mass is 79.9. The maximum Gasteiger partial charge on any atom is 0.269 e. The lowest BCUT2D eigenvalue weighted by Crippen LogP contribution is -1.97. The number of hydrogen-bond donors (Lipinski definition) is 0. The van der Waals surface area contributed by atoms with Crippen LogP contribution < -0.4 is 4.74 Å².